The van der Waals surface area contributed by atoms with Crippen molar-refractivity contribution in [2.24, 2.45) is 10.1 Å². The second-order valence-electron chi connectivity index (χ2n) is 6.09. The van der Waals surface area contributed by atoms with Crippen molar-refractivity contribution in [3.05, 3.63) is 54.0 Å². The molecule has 0 unspecified atom stereocenters. The lowest BCUT2D eigenvalue weighted by Gasteiger charge is -2.12. The van der Waals surface area contributed by atoms with E-state index in [1.807, 2.05) is 19.1 Å². The van der Waals surface area contributed by atoms with Crippen LogP contribution in [0.4, 0.5) is 0 Å². The molecule has 0 saturated carbocycles. The Morgan fingerprint density at radius 1 is 1.18 bits per heavy atom. The van der Waals surface area contributed by atoms with E-state index in [0.717, 1.165) is 30.7 Å². The van der Waals surface area contributed by atoms with Crippen molar-refractivity contribution in [1.29, 1.82) is 0 Å². The number of nitrogens with zero attached hydrogens (tertiary/aromatic N) is 1. The Kier molecular flexibility index (Phi) is 8.99. The molecule has 0 atom stereocenters. The van der Waals surface area contributed by atoms with Gasteiger partial charge in [0.15, 0.2) is 5.96 Å². The van der Waals surface area contributed by atoms with Crippen molar-refractivity contribution in [3.63, 3.8) is 0 Å². The molecule has 28 heavy (non-hydrogen) atoms. The number of sulfonamides is 1. The van der Waals surface area contributed by atoms with E-state index in [0.29, 0.717) is 32.3 Å². The van der Waals surface area contributed by atoms with Crippen LogP contribution in [0, 0.1) is 0 Å². The van der Waals surface area contributed by atoms with Crippen LogP contribution in [0.15, 0.2) is 57.0 Å². The number of rotatable bonds is 11. The lowest BCUT2D eigenvalue weighted by atomic mass is 10.2. The van der Waals surface area contributed by atoms with Gasteiger partial charge >= 0.3 is 0 Å². The van der Waals surface area contributed by atoms with Gasteiger partial charge in [-0.3, -0.25) is 0 Å². The van der Waals surface area contributed by atoms with Crippen LogP contribution >= 0.6 is 0 Å². The van der Waals surface area contributed by atoms with Crippen LogP contribution in [0.2, 0.25) is 0 Å². The SMILES string of the molecule is CCOCCCNC(=NCc1ccc(S(N)(=O)=O)cc1)NCCc1ccco1. The average Bonchev–Trinajstić information content (AvgIpc) is 3.18. The molecule has 0 amide bonds. The summed E-state index contributed by atoms with van der Waals surface area (Å²) in [6, 6.07) is 10.2. The lowest BCUT2D eigenvalue weighted by molar-refractivity contribution is 0.145. The van der Waals surface area contributed by atoms with Gasteiger partial charge in [-0.25, -0.2) is 18.5 Å². The molecule has 8 nitrogen and oxygen atoms in total. The van der Waals surface area contributed by atoms with Crippen LogP contribution in [0.5, 0.6) is 0 Å². The van der Waals surface area contributed by atoms with E-state index in [1.54, 1.807) is 18.4 Å². The Labute approximate surface area is 166 Å². The van der Waals surface area contributed by atoms with Crippen molar-refractivity contribution in [1.82, 2.24) is 10.6 Å². The third-order valence-electron chi connectivity index (χ3n) is 3.88. The molecule has 0 fully saturated rings. The predicted octanol–water partition coefficient (Wildman–Crippen LogP) is 1.63. The maximum absolute atomic E-state index is 11.3. The number of hydrogen-bond acceptors (Lipinski definition) is 5. The summed E-state index contributed by atoms with van der Waals surface area (Å²) in [7, 11) is -3.69. The molecule has 2 aromatic rings. The van der Waals surface area contributed by atoms with Crippen LogP contribution < -0.4 is 15.8 Å². The molecular formula is C19H28N4O4S. The van der Waals surface area contributed by atoms with Gasteiger partial charge in [-0.2, -0.15) is 0 Å². The van der Waals surface area contributed by atoms with E-state index >= 15 is 0 Å². The van der Waals surface area contributed by atoms with Crippen LogP contribution in [-0.2, 0) is 27.7 Å². The summed E-state index contributed by atoms with van der Waals surface area (Å²) in [6.45, 7) is 5.19. The summed E-state index contributed by atoms with van der Waals surface area (Å²) in [5.74, 6) is 1.58. The Morgan fingerprint density at radius 3 is 2.57 bits per heavy atom. The molecule has 0 spiro atoms. The number of guanidine groups is 1. The smallest absolute Gasteiger partial charge is 0.238 e. The van der Waals surface area contributed by atoms with Gasteiger partial charge in [-0.05, 0) is 43.2 Å². The molecule has 9 heteroatoms. The van der Waals surface area contributed by atoms with E-state index in [-0.39, 0.29) is 4.90 Å². The van der Waals surface area contributed by atoms with Gasteiger partial charge in [-0.1, -0.05) is 12.1 Å². The van der Waals surface area contributed by atoms with E-state index in [2.05, 4.69) is 15.6 Å². The van der Waals surface area contributed by atoms with E-state index < -0.39 is 10.0 Å². The monoisotopic (exact) mass is 408 g/mol. The number of ether oxygens (including phenoxy) is 1. The van der Waals surface area contributed by atoms with Gasteiger partial charge in [0.1, 0.15) is 5.76 Å². The molecule has 4 N–H and O–H groups in total. The molecule has 0 saturated heterocycles. The zero-order chi connectivity index (χ0) is 20.2. The second kappa shape index (κ2) is 11.5. The molecule has 1 aromatic heterocycles. The zero-order valence-corrected chi connectivity index (χ0v) is 16.9. The second-order valence-corrected chi connectivity index (χ2v) is 7.65. The fourth-order valence-electron chi connectivity index (χ4n) is 2.41. The quantitative estimate of drug-likeness (QED) is 0.295. The van der Waals surface area contributed by atoms with Gasteiger partial charge < -0.3 is 19.8 Å². The molecule has 1 aromatic carbocycles. The van der Waals surface area contributed by atoms with Crippen LogP contribution in [0.3, 0.4) is 0 Å². The molecule has 0 bridgehead atoms. The molecular weight excluding hydrogens is 380 g/mol. The van der Waals surface area contributed by atoms with Gasteiger partial charge in [0.2, 0.25) is 10.0 Å². The highest BCUT2D eigenvalue weighted by atomic mass is 32.2. The first-order valence-corrected chi connectivity index (χ1v) is 10.8. The highest BCUT2D eigenvalue weighted by Crippen LogP contribution is 2.09. The Morgan fingerprint density at radius 2 is 1.93 bits per heavy atom. The molecule has 0 radical (unpaired) electrons. The van der Waals surface area contributed by atoms with Crippen LogP contribution in [0.1, 0.15) is 24.7 Å². The predicted molar refractivity (Wildman–Crippen MR) is 108 cm³/mol. The maximum atomic E-state index is 11.3. The van der Waals surface area contributed by atoms with E-state index in [9.17, 15) is 8.42 Å². The van der Waals surface area contributed by atoms with Crippen molar-refractivity contribution in [2.75, 3.05) is 26.3 Å². The third-order valence-corrected chi connectivity index (χ3v) is 4.81. The van der Waals surface area contributed by atoms with Crippen molar-refractivity contribution in [3.8, 4) is 0 Å². The Hall–Kier alpha value is -2.36. The van der Waals surface area contributed by atoms with Crippen LogP contribution in [0.25, 0.3) is 0 Å². The lowest BCUT2D eigenvalue weighted by Crippen LogP contribution is -2.39. The molecule has 2 rings (SSSR count). The van der Waals surface area contributed by atoms with Gasteiger partial charge in [-0.15, -0.1) is 0 Å². The largest absolute Gasteiger partial charge is 0.469 e. The summed E-state index contributed by atoms with van der Waals surface area (Å²) in [5.41, 5.74) is 0.883. The van der Waals surface area contributed by atoms with Crippen molar-refractivity contribution >= 4 is 16.0 Å². The minimum Gasteiger partial charge on any atom is -0.469 e. The number of furan rings is 1. The summed E-state index contributed by atoms with van der Waals surface area (Å²) in [6.07, 6.45) is 3.27. The number of primary sulfonamides is 1. The zero-order valence-electron chi connectivity index (χ0n) is 16.1. The summed E-state index contributed by atoms with van der Waals surface area (Å²) in [5, 5.41) is 11.7. The topological polar surface area (TPSA) is 119 Å². The minimum atomic E-state index is -3.69. The number of nitrogens with one attached hydrogen (secondary N) is 2. The van der Waals surface area contributed by atoms with Crippen molar-refractivity contribution < 1.29 is 17.6 Å². The molecule has 154 valence electrons. The fraction of sp³-hybridized carbons (Fsp3) is 0.421. The third kappa shape index (κ3) is 8.12. The Bertz CT molecular complexity index is 818. The van der Waals surface area contributed by atoms with Crippen LogP contribution in [-0.4, -0.2) is 40.7 Å². The molecule has 0 aliphatic heterocycles. The first-order valence-electron chi connectivity index (χ1n) is 9.23. The maximum Gasteiger partial charge on any atom is 0.238 e. The Balaban J connectivity index is 1.91. The van der Waals surface area contributed by atoms with Crippen molar-refractivity contribution in [2.45, 2.75) is 31.2 Å². The van der Waals surface area contributed by atoms with Gasteiger partial charge in [0, 0.05) is 32.7 Å². The summed E-state index contributed by atoms with van der Waals surface area (Å²) >= 11 is 0. The standard InChI is InChI=1S/C19H28N4O4S/c1-2-26-13-4-11-21-19(22-12-10-17-5-3-14-27-17)23-15-16-6-8-18(9-7-16)28(20,24)25/h3,5-9,14H,2,4,10-13,15H2,1H3,(H2,20,24,25)(H2,21,22,23). The summed E-state index contributed by atoms with van der Waals surface area (Å²) < 4.78 is 33.3. The van der Waals surface area contributed by atoms with Gasteiger partial charge in [0.25, 0.3) is 0 Å². The number of nitrogens with two attached hydrogens (primary N) is 1. The first-order chi connectivity index (χ1) is 13.5. The number of benzene rings is 1. The highest BCUT2D eigenvalue weighted by molar-refractivity contribution is 7.89. The number of hydrogen-bond donors (Lipinski definition) is 3. The molecule has 0 aliphatic carbocycles. The average molecular weight is 409 g/mol. The first kappa shape index (κ1) is 21.9. The molecule has 0 aliphatic rings. The minimum absolute atomic E-state index is 0.0890. The molecule has 1 heterocycles. The summed E-state index contributed by atoms with van der Waals surface area (Å²) in [4.78, 5) is 4.65. The van der Waals surface area contributed by atoms with E-state index in [1.165, 1.54) is 12.1 Å². The normalized spacial score (nSPS) is 12.1. The number of aliphatic imine (C=N–C) groups is 1. The van der Waals surface area contributed by atoms with Gasteiger partial charge in [0.05, 0.1) is 17.7 Å². The highest BCUT2D eigenvalue weighted by Gasteiger charge is 2.07. The fourth-order valence-corrected chi connectivity index (χ4v) is 2.93. The van der Waals surface area contributed by atoms with E-state index in [4.69, 9.17) is 14.3 Å².